The first-order valence-electron chi connectivity index (χ1n) is 12.0. The number of nitro groups is 1. The van der Waals surface area contributed by atoms with Gasteiger partial charge in [0.25, 0.3) is 11.6 Å². The van der Waals surface area contributed by atoms with Gasteiger partial charge in [0.05, 0.1) is 27.2 Å². The number of carbonyl (C=O) groups is 2. The molecular formula is C29H16Br2Cl2N4O5. The fraction of sp³-hybridized carbons (Fsp3) is 0. The van der Waals surface area contributed by atoms with Crippen LogP contribution in [0.1, 0.15) is 26.4 Å². The molecule has 0 radical (unpaired) electrons. The predicted molar refractivity (Wildman–Crippen MR) is 169 cm³/mol. The molecule has 9 nitrogen and oxygen atoms in total. The molecule has 1 heterocycles. The number of ether oxygens (including phenoxy) is 1. The highest BCUT2D eigenvalue weighted by molar-refractivity contribution is 9.10. The number of esters is 1. The largest absolute Gasteiger partial charge is 0.422 e. The molecule has 5 aromatic rings. The van der Waals surface area contributed by atoms with Gasteiger partial charge in [0.2, 0.25) is 0 Å². The van der Waals surface area contributed by atoms with Crippen molar-refractivity contribution in [2.24, 2.45) is 5.10 Å². The van der Waals surface area contributed by atoms with Gasteiger partial charge in [-0.05, 0) is 48.5 Å². The van der Waals surface area contributed by atoms with E-state index in [2.05, 4.69) is 47.4 Å². The molecule has 42 heavy (non-hydrogen) atoms. The van der Waals surface area contributed by atoms with E-state index < -0.39 is 16.8 Å². The number of hydrazone groups is 1. The Morgan fingerprint density at radius 3 is 2.40 bits per heavy atom. The first-order valence-corrected chi connectivity index (χ1v) is 14.3. The van der Waals surface area contributed by atoms with Gasteiger partial charge < -0.3 is 9.72 Å². The third-order valence-electron chi connectivity index (χ3n) is 6.05. The summed E-state index contributed by atoms with van der Waals surface area (Å²) in [6.45, 7) is 0. The summed E-state index contributed by atoms with van der Waals surface area (Å²) in [5, 5.41) is 16.5. The second kappa shape index (κ2) is 12.5. The Morgan fingerprint density at radius 1 is 0.952 bits per heavy atom. The number of hydrogen-bond donors (Lipinski definition) is 2. The molecule has 0 saturated carbocycles. The highest BCUT2D eigenvalue weighted by Crippen LogP contribution is 2.40. The zero-order valence-corrected chi connectivity index (χ0v) is 25.7. The number of aromatic nitrogens is 1. The van der Waals surface area contributed by atoms with E-state index in [1.54, 1.807) is 42.5 Å². The number of non-ortho nitro benzene ring substituents is 1. The van der Waals surface area contributed by atoms with Gasteiger partial charge in [-0.2, -0.15) is 5.10 Å². The molecule has 0 atom stereocenters. The van der Waals surface area contributed by atoms with Crippen LogP contribution in [-0.2, 0) is 0 Å². The second-order valence-corrected chi connectivity index (χ2v) is 11.4. The van der Waals surface area contributed by atoms with Crippen molar-refractivity contribution in [2.45, 2.75) is 0 Å². The van der Waals surface area contributed by atoms with Crippen LogP contribution in [0.4, 0.5) is 5.69 Å². The van der Waals surface area contributed by atoms with E-state index in [4.69, 9.17) is 27.9 Å². The minimum absolute atomic E-state index is 0.121. The van der Waals surface area contributed by atoms with Crippen LogP contribution >= 0.6 is 55.1 Å². The van der Waals surface area contributed by atoms with E-state index in [1.807, 2.05) is 12.1 Å². The maximum absolute atomic E-state index is 13.4. The van der Waals surface area contributed by atoms with Gasteiger partial charge >= 0.3 is 5.97 Å². The molecular weight excluding hydrogens is 715 g/mol. The van der Waals surface area contributed by atoms with Gasteiger partial charge in [0.15, 0.2) is 0 Å². The number of benzene rings is 4. The molecule has 4 aromatic carbocycles. The van der Waals surface area contributed by atoms with Crippen molar-refractivity contribution in [3.05, 3.63) is 125 Å². The normalized spacial score (nSPS) is 11.1. The van der Waals surface area contributed by atoms with Crippen LogP contribution in [0.3, 0.4) is 0 Å². The minimum Gasteiger partial charge on any atom is -0.422 e. The summed E-state index contributed by atoms with van der Waals surface area (Å²) in [4.78, 5) is 39.5. The summed E-state index contributed by atoms with van der Waals surface area (Å²) >= 11 is 19.8. The Balaban J connectivity index is 1.43. The lowest BCUT2D eigenvalue weighted by Crippen LogP contribution is -2.19. The lowest BCUT2D eigenvalue weighted by Gasteiger charge is -2.08. The maximum Gasteiger partial charge on any atom is 0.343 e. The van der Waals surface area contributed by atoms with E-state index in [1.165, 1.54) is 30.5 Å². The number of nitrogens with one attached hydrogen (secondary N) is 2. The van der Waals surface area contributed by atoms with Crippen molar-refractivity contribution in [3.8, 4) is 16.9 Å². The SMILES string of the molecule is O=C(Oc1ccc(Br)cc1C=NNC(=O)c1[nH]c2c(Cl)cc(Br)cc2c1-c1ccccc1Cl)c1ccc([N+](=O)[O-])cc1. The predicted octanol–water partition coefficient (Wildman–Crippen LogP) is 8.56. The third kappa shape index (κ3) is 6.24. The van der Waals surface area contributed by atoms with Crippen molar-refractivity contribution in [1.82, 2.24) is 10.4 Å². The molecule has 0 spiro atoms. The number of carbonyl (C=O) groups excluding carboxylic acids is 2. The zero-order chi connectivity index (χ0) is 30.0. The number of hydrogen-bond acceptors (Lipinski definition) is 6. The summed E-state index contributed by atoms with van der Waals surface area (Å²) < 4.78 is 6.90. The Labute approximate surface area is 264 Å². The summed E-state index contributed by atoms with van der Waals surface area (Å²) in [7, 11) is 0. The molecule has 0 fully saturated rings. The Morgan fingerprint density at radius 2 is 1.69 bits per heavy atom. The van der Waals surface area contributed by atoms with Crippen LogP contribution in [0.2, 0.25) is 10.0 Å². The summed E-state index contributed by atoms with van der Waals surface area (Å²) in [6, 6.07) is 20.5. The molecule has 1 amide bonds. The van der Waals surface area contributed by atoms with Crippen molar-refractivity contribution in [3.63, 3.8) is 0 Å². The van der Waals surface area contributed by atoms with E-state index in [0.717, 1.165) is 4.47 Å². The number of nitrogens with zero attached hydrogens (tertiary/aromatic N) is 2. The summed E-state index contributed by atoms with van der Waals surface area (Å²) in [5.41, 5.74) is 4.76. The highest BCUT2D eigenvalue weighted by atomic mass is 79.9. The van der Waals surface area contributed by atoms with E-state index in [9.17, 15) is 19.7 Å². The molecule has 0 saturated heterocycles. The van der Waals surface area contributed by atoms with Gasteiger partial charge in [-0.25, -0.2) is 10.2 Å². The third-order valence-corrected chi connectivity index (χ3v) is 7.63. The van der Waals surface area contributed by atoms with E-state index in [0.29, 0.717) is 42.1 Å². The first-order chi connectivity index (χ1) is 20.1. The van der Waals surface area contributed by atoms with Gasteiger partial charge in [-0.3, -0.25) is 14.9 Å². The van der Waals surface area contributed by atoms with Gasteiger partial charge in [-0.15, -0.1) is 0 Å². The van der Waals surface area contributed by atoms with Crippen LogP contribution < -0.4 is 10.2 Å². The van der Waals surface area contributed by atoms with Crippen molar-refractivity contribution >= 4 is 89.7 Å². The number of nitro benzene ring substituents is 1. The number of halogens is 4. The van der Waals surface area contributed by atoms with E-state index in [-0.39, 0.29) is 22.7 Å². The lowest BCUT2D eigenvalue weighted by molar-refractivity contribution is -0.384. The molecule has 2 N–H and O–H groups in total. The lowest BCUT2D eigenvalue weighted by atomic mass is 10.0. The molecule has 1 aromatic heterocycles. The molecule has 5 rings (SSSR count). The average Bonchev–Trinajstić information content (AvgIpc) is 3.34. The van der Waals surface area contributed by atoms with Crippen LogP contribution in [0.15, 0.2) is 92.9 Å². The van der Waals surface area contributed by atoms with Crippen molar-refractivity contribution in [2.75, 3.05) is 0 Å². The fourth-order valence-corrected chi connectivity index (χ4v) is 5.61. The fourth-order valence-electron chi connectivity index (χ4n) is 4.14. The van der Waals surface area contributed by atoms with Crippen molar-refractivity contribution in [1.29, 1.82) is 0 Å². The Hall–Kier alpha value is -4.03. The number of amides is 1. The second-order valence-electron chi connectivity index (χ2n) is 8.74. The Kier molecular flexibility index (Phi) is 8.74. The molecule has 0 aliphatic heterocycles. The quantitative estimate of drug-likeness (QED) is 0.0571. The monoisotopic (exact) mass is 728 g/mol. The molecule has 210 valence electrons. The Bertz CT molecular complexity index is 1910. The highest BCUT2D eigenvalue weighted by Gasteiger charge is 2.22. The van der Waals surface area contributed by atoms with Crippen molar-refractivity contribution < 1.29 is 19.2 Å². The molecule has 0 aliphatic rings. The smallest absolute Gasteiger partial charge is 0.343 e. The van der Waals surface area contributed by atoms with Gasteiger partial charge in [0.1, 0.15) is 11.4 Å². The van der Waals surface area contributed by atoms with Crippen LogP contribution in [0, 0.1) is 10.1 Å². The number of fused-ring (bicyclic) bond motifs is 1. The van der Waals surface area contributed by atoms with Crippen LogP contribution in [-0.4, -0.2) is 28.0 Å². The molecule has 0 unspecified atom stereocenters. The zero-order valence-electron chi connectivity index (χ0n) is 21.0. The summed E-state index contributed by atoms with van der Waals surface area (Å²) in [6.07, 6.45) is 1.32. The van der Waals surface area contributed by atoms with Crippen LogP contribution in [0.5, 0.6) is 5.75 Å². The molecule has 0 bridgehead atoms. The molecule has 13 heteroatoms. The minimum atomic E-state index is -0.726. The average molecular weight is 731 g/mol. The van der Waals surface area contributed by atoms with Gasteiger partial charge in [-0.1, -0.05) is 73.3 Å². The molecule has 0 aliphatic carbocycles. The standard InChI is InChI=1S/C29H16Br2Cl2N4O5/c30-17-7-10-24(42-29(39)15-5-8-19(9-6-15)37(40)41)16(11-17)14-34-36-28(38)27-25(20-3-1-2-4-22(20)32)21-12-18(31)13-23(33)26(21)35-27/h1-14,35H,(H,36,38). The number of rotatable bonds is 7. The van der Waals surface area contributed by atoms with E-state index >= 15 is 0 Å². The number of H-pyrrole nitrogens is 1. The maximum atomic E-state index is 13.4. The number of aromatic amines is 1. The van der Waals surface area contributed by atoms with Crippen LogP contribution in [0.25, 0.3) is 22.0 Å². The summed E-state index contributed by atoms with van der Waals surface area (Å²) in [5.74, 6) is -1.14. The topological polar surface area (TPSA) is 127 Å². The first kappa shape index (κ1) is 29.5. The van der Waals surface area contributed by atoms with Gasteiger partial charge in [0, 0.05) is 48.2 Å².